The van der Waals surface area contributed by atoms with Gasteiger partial charge in [0.2, 0.25) is 10.0 Å². The molecule has 10 heteroatoms. The third kappa shape index (κ3) is 6.02. The highest BCUT2D eigenvalue weighted by Gasteiger charge is 2.34. The molecule has 1 aromatic carbocycles. The van der Waals surface area contributed by atoms with E-state index in [1.807, 2.05) is 0 Å². The van der Waals surface area contributed by atoms with Crippen molar-refractivity contribution in [2.45, 2.75) is 18.2 Å². The number of ether oxygens (including phenoxy) is 1. The SMILES string of the molecule is C=C1C=C(c2ccc(S(=O)(=O)NCCN(C)C)c(OC(F)(F)F)c2)C=C(C)C1=O. The Bertz CT molecular complexity index is 993. The monoisotopic (exact) mass is 430 g/mol. The summed E-state index contributed by atoms with van der Waals surface area (Å²) < 4.78 is 69.9. The molecule has 0 spiro atoms. The first-order valence-corrected chi connectivity index (χ1v) is 9.96. The first kappa shape index (κ1) is 22.9. The fraction of sp³-hybridized carbons (Fsp3) is 0.316. The van der Waals surface area contributed by atoms with E-state index in [0.29, 0.717) is 17.7 Å². The van der Waals surface area contributed by atoms with Crippen molar-refractivity contribution < 1.29 is 31.1 Å². The normalized spacial score (nSPS) is 15.4. The van der Waals surface area contributed by atoms with Gasteiger partial charge in [0, 0.05) is 18.7 Å². The Labute approximate surface area is 167 Å². The van der Waals surface area contributed by atoms with Crippen LogP contribution in [0.15, 0.2) is 53.0 Å². The van der Waals surface area contributed by atoms with Crippen LogP contribution in [-0.4, -0.2) is 52.6 Å². The number of benzene rings is 1. The molecule has 0 bridgehead atoms. The number of likely N-dealkylation sites (N-methyl/N-ethyl adjacent to an activating group) is 1. The molecule has 1 N–H and O–H groups in total. The van der Waals surface area contributed by atoms with E-state index in [2.05, 4.69) is 16.0 Å². The largest absolute Gasteiger partial charge is 0.573 e. The average molecular weight is 430 g/mol. The number of hydrogen-bond donors (Lipinski definition) is 1. The van der Waals surface area contributed by atoms with E-state index in [1.165, 1.54) is 18.2 Å². The number of nitrogens with zero attached hydrogens (tertiary/aromatic N) is 1. The number of Topliss-reactive ketones (excluding diaryl/α,β-unsaturated/α-hetero) is 1. The summed E-state index contributed by atoms with van der Waals surface area (Å²) in [7, 11) is -0.786. The van der Waals surface area contributed by atoms with Crippen molar-refractivity contribution in [3.8, 4) is 5.75 Å². The lowest BCUT2D eigenvalue weighted by molar-refractivity contribution is -0.275. The van der Waals surface area contributed by atoms with Crippen molar-refractivity contribution in [2.24, 2.45) is 0 Å². The lowest BCUT2D eigenvalue weighted by Crippen LogP contribution is -2.32. The van der Waals surface area contributed by atoms with Gasteiger partial charge in [-0.2, -0.15) is 0 Å². The standard InChI is InChI=1S/C19H21F3N2O4S/c1-12-9-15(10-13(2)18(12)25)14-5-6-17(16(11-14)28-19(20,21)22)29(26,27)23-7-8-24(3)4/h5-6,9-11,23H,1,7-8H2,2-4H3. The van der Waals surface area contributed by atoms with Crippen molar-refractivity contribution in [2.75, 3.05) is 27.2 Å². The van der Waals surface area contributed by atoms with Gasteiger partial charge in [0.1, 0.15) is 10.6 Å². The van der Waals surface area contributed by atoms with Gasteiger partial charge >= 0.3 is 6.36 Å². The molecule has 0 saturated carbocycles. The minimum atomic E-state index is -5.08. The molecular formula is C19H21F3N2O4S. The summed E-state index contributed by atoms with van der Waals surface area (Å²) >= 11 is 0. The fourth-order valence-electron chi connectivity index (χ4n) is 2.61. The summed E-state index contributed by atoms with van der Waals surface area (Å²) in [6.45, 7) is 5.55. The van der Waals surface area contributed by atoms with Crippen LogP contribution in [-0.2, 0) is 14.8 Å². The summed E-state index contributed by atoms with van der Waals surface area (Å²) in [5.74, 6) is -1.13. The molecule has 158 valence electrons. The maximum atomic E-state index is 12.9. The first-order valence-electron chi connectivity index (χ1n) is 8.48. The van der Waals surface area contributed by atoms with Crippen LogP contribution in [0.25, 0.3) is 5.57 Å². The molecule has 1 aliphatic rings. The van der Waals surface area contributed by atoms with Crippen molar-refractivity contribution in [1.82, 2.24) is 9.62 Å². The van der Waals surface area contributed by atoms with Gasteiger partial charge in [-0.05, 0) is 62.0 Å². The van der Waals surface area contributed by atoms with Crippen LogP contribution in [0.5, 0.6) is 5.75 Å². The van der Waals surface area contributed by atoms with E-state index in [-0.39, 0.29) is 23.5 Å². The molecule has 0 amide bonds. The van der Waals surface area contributed by atoms with E-state index < -0.39 is 27.0 Å². The third-order valence-corrected chi connectivity index (χ3v) is 5.50. The number of nitrogens with one attached hydrogen (secondary N) is 1. The summed E-state index contributed by atoms with van der Waals surface area (Å²) in [5.41, 5.74) is 1.22. The Morgan fingerprint density at radius 2 is 1.86 bits per heavy atom. The number of carbonyl (C=O) groups is 1. The highest BCUT2D eigenvalue weighted by atomic mass is 32.2. The number of hydrogen-bond acceptors (Lipinski definition) is 5. The summed E-state index contributed by atoms with van der Waals surface area (Å²) in [5, 5.41) is 0. The molecule has 0 radical (unpaired) electrons. The van der Waals surface area contributed by atoms with Crippen LogP contribution in [0.4, 0.5) is 13.2 Å². The first-order chi connectivity index (χ1) is 13.3. The number of carbonyl (C=O) groups excluding carboxylic acids is 1. The number of alkyl halides is 3. The van der Waals surface area contributed by atoms with E-state index in [1.54, 1.807) is 25.9 Å². The van der Waals surface area contributed by atoms with Crippen molar-refractivity contribution in [1.29, 1.82) is 0 Å². The van der Waals surface area contributed by atoms with Gasteiger partial charge in [-0.3, -0.25) is 4.79 Å². The molecule has 1 aromatic rings. The molecule has 1 aliphatic carbocycles. The molecule has 0 unspecified atom stereocenters. The van der Waals surface area contributed by atoms with Gasteiger partial charge in [0.05, 0.1) is 0 Å². The van der Waals surface area contributed by atoms with Gasteiger partial charge in [0.15, 0.2) is 5.78 Å². The molecule has 0 aliphatic heterocycles. The van der Waals surface area contributed by atoms with Gasteiger partial charge in [0.25, 0.3) is 0 Å². The molecule has 0 heterocycles. The molecule has 0 fully saturated rings. The second-order valence-electron chi connectivity index (χ2n) is 6.69. The van der Waals surface area contributed by atoms with Crippen LogP contribution in [0.1, 0.15) is 12.5 Å². The molecule has 0 aromatic heterocycles. The maximum absolute atomic E-state index is 12.9. The fourth-order valence-corrected chi connectivity index (χ4v) is 3.74. The van der Waals surface area contributed by atoms with Crippen LogP contribution in [0.3, 0.4) is 0 Å². The molecule has 0 saturated heterocycles. The number of rotatable bonds is 7. The van der Waals surface area contributed by atoms with Gasteiger partial charge in [-0.15, -0.1) is 13.2 Å². The van der Waals surface area contributed by atoms with E-state index in [4.69, 9.17) is 0 Å². The van der Waals surface area contributed by atoms with Crippen LogP contribution in [0.2, 0.25) is 0 Å². The quantitative estimate of drug-likeness (QED) is 0.674. The summed E-state index contributed by atoms with van der Waals surface area (Å²) in [6.07, 6.45) is -2.17. The predicted molar refractivity (Wildman–Crippen MR) is 103 cm³/mol. The highest BCUT2D eigenvalue weighted by Crippen LogP contribution is 2.34. The van der Waals surface area contributed by atoms with E-state index >= 15 is 0 Å². The number of ketones is 1. The van der Waals surface area contributed by atoms with Gasteiger partial charge in [-0.25, -0.2) is 13.1 Å². The maximum Gasteiger partial charge on any atom is 0.573 e. The van der Waals surface area contributed by atoms with Crippen LogP contribution < -0.4 is 9.46 Å². The smallest absolute Gasteiger partial charge is 0.404 e. The number of halogens is 3. The Morgan fingerprint density at radius 1 is 1.21 bits per heavy atom. The second kappa shape index (κ2) is 8.52. The van der Waals surface area contributed by atoms with E-state index in [0.717, 1.165) is 12.1 Å². The average Bonchev–Trinajstić information content (AvgIpc) is 2.57. The third-order valence-electron chi connectivity index (χ3n) is 3.99. The minimum Gasteiger partial charge on any atom is -0.404 e. The van der Waals surface area contributed by atoms with Gasteiger partial charge < -0.3 is 9.64 Å². The van der Waals surface area contributed by atoms with Crippen molar-refractivity contribution >= 4 is 21.4 Å². The Morgan fingerprint density at radius 3 is 2.41 bits per heavy atom. The summed E-state index contributed by atoms with van der Waals surface area (Å²) in [4.78, 5) is 12.9. The summed E-state index contributed by atoms with van der Waals surface area (Å²) in [6, 6.07) is 3.37. The van der Waals surface area contributed by atoms with Crippen LogP contribution >= 0.6 is 0 Å². The molecule has 29 heavy (non-hydrogen) atoms. The lowest BCUT2D eigenvalue weighted by atomic mass is 9.92. The number of allylic oxidation sites excluding steroid dienone is 5. The highest BCUT2D eigenvalue weighted by molar-refractivity contribution is 7.89. The topological polar surface area (TPSA) is 75.7 Å². The molecular weight excluding hydrogens is 409 g/mol. The van der Waals surface area contributed by atoms with Crippen molar-refractivity contribution in [3.63, 3.8) is 0 Å². The zero-order valence-electron chi connectivity index (χ0n) is 16.1. The Balaban J connectivity index is 2.48. The molecule has 2 rings (SSSR count). The number of sulfonamides is 1. The van der Waals surface area contributed by atoms with Crippen LogP contribution in [0, 0.1) is 0 Å². The Kier molecular flexibility index (Phi) is 6.71. The molecule has 6 nitrogen and oxygen atoms in total. The predicted octanol–water partition coefficient (Wildman–Crippen LogP) is 2.89. The lowest BCUT2D eigenvalue weighted by Gasteiger charge is -2.18. The minimum absolute atomic E-state index is 0.0115. The zero-order valence-corrected chi connectivity index (χ0v) is 16.9. The zero-order chi connectivity index (χ0) is 22.0. The molecule has 0 atom stereocenters. The van der Waals surface area contributed by atoms with Gasteiger partial charge in [-0.1, -0.05) is 12.6 Å². The van der Waals surface area contributed by atoms with Crippen molar-refractivity contribution in [3.05, 3.63) is 53.6 Å². The van der Waals surface area contributed by atoms with E-state index in [9.17, 15) is 26.4 Å². The second-order valence-corrected chi connectivity index (χ2v) is 8.43. The Hall–Kier alpha value is -2.43.